The van der Waals surface area contributed by atoms with E-state index >= 15 is 0 Å². The van der Waals surface area contributed by atoms with Crippen molar-refractivity contribution in [2.75, 3.05) is 14.2 Å². The van der Waals surface area contributed by atoms with Gasteiger partial charge < -0.3 is 14.8 Å². The Morgan fingerprint density at radius 1 is 1.25 bits per heavy atom. The maximum absolute atomic E-state index is 12.5. The third-order valence-electron chi connectivity index (χ3n) is 5.46. The number of methoxy groups -OCH3 is 2. The predicted octanol–water partition coefficient (Wildman–Crippen LogP) is 4.84. The summed E-state index contributed by atoms with van der Waals surface area (Å²) in [6, 6.07) is 6.08. The van der Waals surface area contributed by atoms with E-state index in [1.165, 1.54) is 32.1 Å². The lowest BCUT2D eigenvalue weighted by atomic mass is 9.96. The number of unbranched alkanes of at least 4 members (excludes halogenated alkanes) is 1. The van der Waals surface area contributed by atoms with Crippen LogP contribution in [0.1, 0.15) is 51.1 Å². The summed E-state index contributed by atoms with van der Waals surface area (Å²) < 4.78 is 10.7. The average Bonchev–Trinajstić information content (AvgIpc) is 3.35. The van der Waals surface area contributed by atoms with Crippen molar-refractivity contribution in [3.8, 4) is 22.1 Å². The van der Waals surface area contributed by atoms with Crippen molar-refractivity contribution in [1.29, 1.82) is 0 Å². The van der Waals surface area contributed by atoms with Gasteiger partial charge in [-0.3, -0.25) is 4.79 Å². The number of amides is 1. The van der Waals surface area contributed by atoms with E-state index in [9.17, 15) is 4.79 Å². The monoisotopic (exact) mass is 402 g/mol. The molecule has 0 saturated heterocycles. The molecule has 1 aliphatic carbocycles. The quantitative estimate of drug-likeness (QED) is 0.652. The highest BCUT2D eigenvalue weighted by Crippen LogP contribution is 2.34. The molecule has 1 N–H and O–H groups in total. The van der Waals surface area contributed by atoms with Crippen LogP contribution in [0.4, 0.5) is 0 Å². The first-order valence-corrected chi connectivity index (χ1v) is 11.0. The fourth-order valence-electron chi connectivity index (χ4n) is 3.95. The van der Waals surface area contributed by atoms with Gasteiger partial charge in [0.05, 0.1) is 26.3 Å². The number of carbonyl (C=O) groups is 1. The van der Waals surface area contributed by atoms with Crippen LogP contribution in [0.15, 0.2) is 23.6 Å². The van der Waals surface area contributed by atoms with Gasteiger partial charge in [-0.2, -0.15) is 0 Å². The molecule has 1 amide bonds. The van der Waals surface area contributed by atoms with Crippen LogP contribution < -0.4 is 14.8 Å². The zero-order chi connectivity index (χ0) is 19.9. The Hall–Kier alpha value is -2.08. The molecular weight excluding hydrogens is 372 g/mol. The normalized spacial score (nSPS) is 18.8. The van der Waals surface area contributed by atoms with Crippen LogP contribution in [0, 0.1) is 5.92 Å². The van der Waals surface area contributed by atoms with Crippen molar-refractivity contribution in [3.05, 3.63) is 29.3 Å². The number of hydrogen-bond acceptors (Lipinski definition) is 5. The van der Waals surface area contributed by atoms with Crippen LogP contribution in [-0.4, -0.2) is 31.2 Å². The van der Waals surface area contributed by atoms with Gasteiger partial charge in [-0.15, -0.1) is 11.3 Å². The third-order valence-corrected chi connectivity index (χ3v) is 6.40. The number of aromatic nitrogens is 1. The number of hydrogen-bond donors (Lipinski definition) is 1. The van der Waals surface area contributed by atoms with Gasteiger partial charge >= 0.3 is 0 Å². The van der Waals surface area contributed by atoms with Gasteiger partial charge in [0.2, 0.25) is 5.91 Å². The molecule has 1 aliphatic rings. The van der Waals surface area contributed by atoms with Crippen molar-refractivity contribution in [2.24, 2.45) is 5.92 Å². The minimum Gasteiger partial charge on any atom is -0.493 e. The second-order valence-corrected chi connectivity index (χ2v) is 8.26. The summed E-state index contributed by atoms with van der Waals surface area (Å²) in [7, 11) is 3.24. The summed E-state index contributed by atoms with van der Waals surface area (Å²) in [5, 5.41) is 6.10. The Morgan fingerprint density at radius 3 is 2.82 bits per heavy atom. The van der Waals surface area contributed by atoms with Crippen molar-refractivity contribution in [3.63, 3.8) is 0 Å². The molecule has 28 heavy (non-hydrogen) atoms. The smallest absolute Gasteiger partial charge is 0.226 e. The fourth-order valence-corrected chi connectivity index (χ4v) is 4.77. The summed E-state index contributed by atoms with van der Waals surface area (Å²) in [4.78, 5) is 17.2. The van der Waals surface area contributed by atoms with E-state index in [2.05, 4.69) is 17.2 Å². The first-order valence-electron chi connectivity index (χ1n) is 10.1. The first kappa shape index (κ1) is 20.6. The number of nitrogens with zero attached hydrogens (tertiary/aromatic N) is 1. The van der Waals surface area contributed by atoms with Crippen LogP contribution in [0.3, 0.4) is 0 Å². The summed E-state index contributed by atoms with van der Waals surface area (Å²) in [5.74, 6) is 2.09. The molecule has 0 bridgehead atoms. The van der Waals surface area contributed by atoms with Gasteiger partial charge in [0.15, 0.2) is 11.5 Å². The zero-order valence-electron chi connectivity index (χ0n) is 17.0. The summed E-state index contributed by atoms with van der Waals surface area (Å²) in [5.41, 5.74) is 1.78. The van der Waals surface area contributed by atoms with E-state index in [4.69, 9.17) is 9.47 Å². The van der Waals surface area contributed by atoms with E-state index in [1.807, 2.05) is 23.6 Å². The van der Waals surface area contributed by atoms with Crippen molar-refractivity contribution in [2.45, 2.75) is 57.9 Å². The molecule has 0 radical (unpaired) electrons. The van der Waals surface area contributed by atoms with Gasteiger partial charge in [-0.1, -0.05) is 26.2 Å². The number of benzene rings is 1. The minimum atomic E-state index is 0.0811. The van der Waals surface area contributed by atoms with E-state index in [0.717, 1.165) is 22.7 Å². The van der Waals surface area contributed by atoms with E-state index < -0.39 is 0 Å². The number of carbonyl (C=O) groups excluding carboxylic acids is 1. The largest absolute Gasteiger partial charge is 0.493 e. The zero-order valence-corrected chi connectivity index (χ0v) is 17.8. The Kier molecular flexibility index (Phi) is 7.31. The maximum atomic E-state index is 12.5. The molecule has 2 atom stereocenters. The molecule has 1 aromatic heterocycles. The van der Waals surface area contributed by atoms with Gasteiger partial charge in [0.1, 0.15) is 5.01 Å². The summed E-state index contributed by atoms with van der Waals surface area (Å²) in [6.07, 6.45) is 7.59. The Labute approximate surface area is 171 Å². The van der Waals surface area contributed by atoms with Crippen LogP contribution in [0.25, 0.3) is 10.6 Å². The molecule has 1 saturated carbocycles. The lowest BCUT2D eigenvalue weighted by Gasteiger charge is -2.20. The molecule has 0 aliphatic heterocycles. The molecule has 6 heteroatoms. The molecule has 2 unspecified atom stereocenters. The maximum Gasteiger partial charge on any atom is 0.226 e. The number of rotatable bonds is 9. The second-order valence-electron chi connectivity index (χ2n) is 7.40. The van der Waals surface area contributed by atoms with Gasteiger partial charge in [-0.05, 0) is 43.4 Å². The van der Waals surface area contributed by atoms with Crippen LogP contribution >= 0.6 is 11.3 Å². The standard InChI is InChI=1S/C22H30N2O3S/c1-4-5-7-15-8-6-9-18(15)24-21(25)13-17-14-28-22(23-17)16-10-11-19(26-2)20(12-16)27-3/h10-12,14-15,18H,4-9,13H2,1-3H3,(H,24,25). The van der Waals surface area contributed by atoms with E-state index in [1.54, 1.807) is 25.6 Å². The second kappa shape index (κ2) is 9.92. The third kappa shape index (κ3) is 5.04. The number of thiazole rings is 1. The first-order chi connectivity index (χ1) is 13.6. The molecule has 2 aromatic rings. The van der Waals surface area contributed by atoms with Crippen molar-refractivity contribution < 1.29 is 14.3 Å². The van der Waals surface area contributed by atoms with Gasteiger partial charge in [-0.25, -0.2) is 4.98 Å². The van der Waals surface area contributed by atoms with Crippen molar-refractivity contribution in [1.82, 2.24) is 10.3 Å². The Morgan fingerprint density at radius 2 is 2.07 bits per heavy atom. The Bertz CT molecular complexity index is 790. The topological polar surface area (TPSA) is 60.5 Å². The molecular formula is C22H30N2O3S. The molecule has 1 heterocycles. The lowest BCUT2D eigenvalue weighted by molar-refractivity contribution is -0.121. The van der Waals surface area contributed by atoms with Gasteiger partial charge in [0, 0.05) is 17.0 Å². The highest BCUT2D eigenvalue weighted by atomic mass is 32.1. The highest BCUT2D eigenvalue weighted by molar-refractivity contribution is 7.13. The molecule has 5 nitrogen and oxygen atoms in total. The number of nitrogens with one attached hydrogen (secondary N) is 1. The number of ether oxygens (including phenoxy) is 2. The Balaban J connectivity index is 1.60. The molecule has 152 valence electrons. The molecule has 0 spiro atoms. The van der Waals surface area contributed by atoms with E-state index in [-0.39, 0.29) is 5.91 Å². The van der Waals surface area contributed by atoms with E-state index in [0.29, 0.717) is 29.9 Å². The van der Waals surface area contributed by atoms with Crippen molar-refractivity contribution >= 4 is 17.2 Å². The fraction of sp³-hybridized carbons (Fsp3) is 0.545. The molecule has 1 fully saturated rings. The van der Waals surface area contributed by atoms with Crippen LogP contribution in [0.5, 0.6) is 11.5 Å². The summed E-state index contributed by atoms with van der Waals surface area (Å²) in [6.45, 7) is 2.22. The molecule has 3 rings (SSSR count). The summed E-state index contributed by atoms with van der Waals surface area (Å²) >= 11 is 1.54. The minimum absolute atomic E-state index is 0.0811. The van der Waals surface area contributed by atoms with Crippen LogP contribution in [0.2, 0.25) is 0 Å². The van der Waals surface area contributed by atoms with Crippen LogP contribution in [-0.2, 0) is 11.2 Å². The van der Waals surface area contributed by atoms with Gasteiger partial charge in [0.25, 0.3) is 0 Å². The predicted molar refractivity (Wildman–Crippen MR) is 113 cm³/mol. The highest BCUT2D eigenvalue weighted by Gasteiger charge is 2.28. The lowest BCUT2D eigenvalue weighted by Crippen LogP contribution is -2.38. The average molecular weight is 403 g/mol. The SMILES string of the molecule is CCCCC1CCCC1NC(=O)Cc1csc(-c2ccc(OC)c(OC)c2)n1. The molecule has 1 aromatic carbocycles.